The van der Waals surface area contributed by atoms with Crippen LogP contribution in [0.4, 0.5) is 0 Å². The molecule has 0 spiro atoms. The van der Waals surface area contributed by atoms with E-state index in [1.165, 1.54) is 0 Å². The molecule has 0 saturated heterocycles. The van der Waals surface area contributed by atoms with Crippen LogP contribution in [-0.4, -0.2) is 24.3 Å². The highest BCUT2D eigenvalue weighted by Crippen LogP contribution is 2.03. The van der Waals surface area contributed by atoms with Gasteiger partial charge in [0.15, 0.2) is 0 Å². The van der Waals surface area contributed by atoms with Crippen molar-refractivity contribution >= 4 is 5.97 Å². The average Bonchev–Trinajstić information content (AvgIpc) is 2.15. The van der Waals surface area contributed by atoms with E-state index in [-0.39, 0.29) is 0 Å². The zero-order valence-corrected chi connectivity index (χ0v) is 8.87. The predicted octanol–water partition coefficient (Wildman–Crippen LogP) is 2.61. The molecule has 0 heterocycles. The molecule has 0 unspecified atom stereocenters. The molecule has 0 aromatic carbocycles. The summed E-state index contributed by atoms with van der Waals surface area (Å²) in [5.74, 6) is -0.697. The van der Waals surface area contributed by atoms with Gasteiger partial charge in [-0.05, 0) is 26.2 Å². The van der Waals surface area contributed by atoms with Crippen LogP contribution in [0.3, 0.4) is 0 Å². The number of unbranched alkanes of at least 4 members (excludes halogenated alkanes) is 3. The number of aliphatic carboxylic acids is 1. The molecule has 0 radical (unpaired) electrons. The van der Waals surface area contributed by atoms with Gasteiger partial charge < -0.3 is 9.84 Å². The Kier molecular flexibility index (Phi) is 9.64. The molecule has 0 aromatic heterocycles. The molecule has 0 saturated carbocycles. The maximum absolute atomic E-state index is 10.2. The maximum Gasteiger partial charge on any atom is 0.303 e. The summed E-state index contributed by atoms with van der Waals surface area (Å²) < 4.78 is 5.13. The highest BCUT2D eigenvalue weighted by Gasteiger charge is 1.94. The molecule has 0 aliphatic heterocycles. The second-order valence-corrected chi connectivity index (χ2v) is 3.12. The summed E-state index contributed by atoms with van der Waals surface area (Å²) >= 11 is 0. The van der Waals surface area contributed by atoms with Crippen LogP contribution in [0.25, 0.3) is 0 Å². The molecule has 14 heavy (non-hydrogen) atoms. The Balaban J connectivity index is 3.05. The number of carboxylic acids is 1. The molecule has 1 N–H and O–H groups in total. The lowest BCUT2D eigenvalue weighted by molar-refractivity contribution is -0.137. The van der Waals surface area contributed by atoms with Gasteiger partial charge in [-0.25, -0.2) is 0 Å². The largest absolute Gasteiger partial charge is 0.481 e. The third kappa shape index (κ3) is 11.2. The lowest BCUT2D eigenvalue weighted by Crippen LogP contribution is -1.93. The molecule has 0 aliphatic rings. The first kappa shape index (κ1) is 13.2. The minimum atomic E-state index is -0.697. The van der Waals surface area contributed by atoms with E-state index in [1.54, 1.807) is 0 Å². The van der Waals surface area contributed by atoms with E-state index >= 15 is 0 Å². The van der Waals surface area contributed by atoms with E-state index < -0.39 is 5.97 Å². The van der Waals surface area contributed by atoms with Crippen molar-refractivity contribution in [2.75, 3.05) is 13.2 Å². The van der Waals surface area contributed by atoms with E-state index in [4.69, 9.17) is 9.84 Å². The van der Waals surface area contributed by atoms with Crippen LogP contribution in [-0.2, 0) is 9.53 Å². The van der Waals surface area contributed by atoms with Crippen LogP contribution >= 0.6 is 0 Å². The van der Waals surface area contributed by atoms with E-state index in [2.05, 4.69) is 6.08 Å². The van der Waals surface area contributed by atoms with Gasteiger partial charge >= 0.3 is 5.97 Å². The van der Waals surface area contributed by atoms with E-state index in [0.717, 1.165) is 32.3 Å². The molecule has 0 rings (SSSR count). The molecule has 0 amide bonds. The van der Waals surface area contributed by atoms with Crippen molar-refractivity contribution in [2.24, 2.45) is 0 Å². The van der Waals surface area contributed by atoms with Crippen LogP contribution in [0.15, 0.2) is 12.2 Å². The van der Waals surface area contributed by atoms with Crippen molar-refractivity contribution in [3.63, 3.8) is 0 Å². The number of allylic oxidation sites excluding steroid dienone is 1. The van der Waals surface area contributed by atoms with E-state index in [9.17, 15) is 4.79 Å². The Bertz CT molecular complexity index is 164. The molecule has 3 nitrogen and oxygen atoms in total. The molecule has 0 aromatic rings. The molecular weight excluding hydrogens is 180 g/mol. The van der Waals surface area contributed by atoms with Gasteiger partial charge in [-0.15, -0.1) is 0 Å². The predicted molar refractivity (Wildman–Crippen MR) is 56.4 cm³/mol. The van der Waals surface area contributed by atoms with Crippen LogP contribution in [0.5, 0.6) is 0 Å². The summed E-state index contributed by atoms with van der Waals surface area (Å²) in [6.07, 6.45) is 8.27. The zero-order chi connectivity index (χ0) is 10.6. The number of carboxylic acid groups (broad SMARTS) is 1. The lowest BCUT2D eigenvalue weighted by Gasteiger charge is -1.95. The highest BCUT2D eigenvalue weighted by molar-refractivity contribution is 5.66. The molecule has 0 aliphatic carbocycles. The second-order valence-electron chi connectivity index (χ2n) is 3.12. The summed E-state index contributed by atoms with van der Waals surface area (Å²) in [4.78, 5) is 10.2. The van der Waals surface area contributed by atoms with Gasteiger partial charge in [0.25, 0.3) is 0 Å². The van der Waals surface area contributed by atoms with Gasteiger partial charge in [0, 0.05) is 13.0 Å². The molecule has 0 fully saturated rings. The standard InChI is InChI=1S/C11H20O3/c1-2-14-10-8-6-4-3-5-7-9-11(12)13/h6,8H,2-5,7,9-10H2,1H3,(H,12,13). The van der Waals surface area contributed by atoms with Crippen molar-refractivity contribution in [1.29, 1.82) is 0 Å². The van der Waals surface area contributed by atoms with Crippen molar-refractivity contribution < 1.29 is 14.6 Å². The molecule has 0 bridgehead atoms. The van der Waals surface area contributed by atoms with Crippen LogP contribution in [0.1, 0.15) is 39.0 Å². The lowest BCUT2D eigenvalue weighted by atomic mass is 10.1. The number of carbonyl (C=O) groups is 1. The first-order chi connectivity index (χ1) is 6.77. The fourth-order valence-electron chi connectivity index (χ4n) is 1.09. The van der Waals surface area contributed by atoms with Crippen LogP contribution in [0.2, 0.25) is 0 Å². The zero-order valence-electron chi connectivity index (χ0n) is 8.87. The Morgan fingerprint density at radius 1 is 1.29 bits per heavy atom. The van der Waals surface area contributed by atoms with Gasteiger partial charge in [0.1, 0.15) is 0 Å². The van der Waals surface area contributed by atoms with Crippen LogP contribution in [0, 0.1) is 0 Å². The fourth-order valence-corrected chi connectivity index (χ4v) is 1.09. The summed E-state index contributed by atoms with van der Waals surface area (Å²) in [7, 11) is 0. The summed E-state index contributed by atoms with van der Waals surface area (Å²) in [6.45, 7) is 3.41. The number of hydrogen-bond acceptors (Lipinski definition) is 2. The van der Waals surface area contributed by atoms with E-state index in [1.807, 2.05) is 13.0 Å². The molecule has 0 atom stereocenters. The fraction of sp³-hybridized carbons (Fsp3) is 0.727. The minimum absolute atomic E-state index is 0.294. The third-order valence-corrected chi connectivity index (χ3v) is 1.85. The Labute approximate surface area is 85.8 Å². The van der Waals surface area contributed by atoms with Gasteiger partial charge in [0.05, 0.1) is 6.61 Å². The minimum Gasteiger partial charge on any atom is -0.481 e. The Hall–Kier alpha value is -0.830. The molecule has 82 valence electrons. The van der Waals surface area contributed by atoms with Gasteiger partial charge in [-0.2, -0.15) is 0 Å². The monoisotopic (exact) mass is 200 g/mol. The molecule has 3 heteroatoms. The van der Waals surface area contributed by atoms with Crippen molar-refractivity contribution in [1.82, 2.24) is 0 Å². The second kappa shape index (κ2) is 10.3. The summed E-state index contributed by atoms with van der Waals surface area (Å²) in [5.41, 5.74) is 0. The quantitative estimate of drug-likeness (QED) is 0.459. The topological polar surface area (TPSA) is 46.5 Å². The van der Waals surface area contributed by atoms with Crippen molar-refractivity contribution in [3.05, 3.63) is 12.2 Å². The first-order valence-corrected chi connectivity index (χ1v) is 5.22. The number of hydrogen-bond donors (Lipinski definition) is 1. The Morgan fingerprint density at radius 3 is 2.71 bits per heavy atom. The highest BCUT2D eigenvalue weighted by atomic mass is 16.5. The number of rotatable bonds is 9. The van der Waals surface area contributed by atoms with Crippen molar-refractivity contribution in [3.8, 4) is 0 Å². The molecular formula is C11H20O3. The average molecular weight is 200 g/mol. The van der Waals surface area contributed by atoms with Gasteiger partial charge in [-0.3, -0.25) is 4.79 Å². The van der Waals surface area contributed by atoms with Crippen LogP contribution < -0.4 is 0 Å². The SMILES string of the molecule is CCOCC=CCCCCCC(=O)O. The van der Waals surface area contributed by atoms with Gasteiger partial charge in [0.2, 0.25) is 0 Å². The number of ether oxygens (including phenoxy) is 1. The summed E-state index contributed by atoms with van der Waals surface area (Å²) in [6, 6.07) is 0. The smallest absolute Gasteiger partial charge is 0.303 e. The normalized spacial score (nSPS) is 10.9. The summed E-state index contributed by atoms with van der Waals surface area (Å²) in [5, 5.41) is 8.38. The Morgan fingerprint density at radius 2 is 2.07 bits per heavy atom. The van der Waals surface area contributed by atoms with Gasteiger partial charge in [-0.1, -0.05) is 18.6 Å². The van der Waals surface area contributed by atoms with E-state index in [0.29, 0.717) is 13.0 Å². The maximum atomic E-state index is 10.2. The van der Waals surface area contributed by atoms with Crippen molar-refractivity contribution in [2.45, 2.75) is 39.0 Å². The first-order valence-electron chi connectivity index (χ1n) is 5.22. The third-order valence-electron chi connectivity index (χ3n) is 1.85.